The van der Waals surface area contributed by atoms with Gasteiger partial charge in [0.1, 0.15) is 17.4 Å². The lowest BCUT2D eigenvalue weighted by Crippen LogP contribution is -2.07. The number of hydrogen-bond acceptors (Lipinski definition) is 2. The predicted octanol–water partition coefficient (Wildman–Crippen LogP) is 2.37. The van der Waals surface area contributed by atoms with Crippen LogP contribution in [0.5, 0.6) is 0 Å². The van der Waals surface area contributed by atoms with E-state index >= 15 is 0 Å². The lowest BCUT2D eigenvalue weighted by atomic mass is 10.2. The van der Waals surface area contributed by atoms with Crippen molar-refractivity contribution >= 4 is 5.69 Å². The van der Waals surface area contributed by atoms with Crippen molar-refractivity contribution in [3.63, 3.8) is 0 Å². The summed E-state index contributed by atoms with van der Waals surface area (Å²) in [5.74, 6) is -0.519. The lowest BCUT2D eigenvalue weighted by Gasteiger charge is -2.08. The van der Waals surface area contributed by atoms with E-state index in [1.807, 2.05) is 18.2 Å². The molecule has 74 valence electrons. The van der Waals surface area contributed by atoms with Crippen LogP contribution < -0.4 is 5.43 Å². The van der Waals surface area contributed by atoms with Crippen LogP contribution in [0, 0.1) is 17.1 Å². The topological polar surface area (TPSA) is 40.8 Å². The van der Waals surface area contributed by atoms with Gasteiger partial charge in [-0.05, 0) is 24.3 Å². The first kappa shape index (κ1) is 9.28. The van der Waals surface area contributed by atoms with Crippen molar-refractivity contribution in [1.82, 2.24) is 4.68 Å². The van der Waals surface area contributed by atoms with E-state index in [4.69, 9.17) is 5.26 Å². The molecule has 2 aromatic rings. The molecule has 1 aromatic carbocycles. The number of anilines is 1. The summed E-state index contributed by atoms with van der Waals surface area (Å²) in [6, 6.07) is 9.96. The van der Waals surface area contributed by atoms with Crippen molar-refractivity contribution < 1.29 is 4.39 Å². The number of hydrogen-bond donors (Lipinski definition) is 1. The summed E-state index contributed by atoms with van der Waals surface area (Å²) in [4.78, 5) is 0. The molecule has 0 radical (unpaired) electrons. The van der Waals surface area contributed by atoms with E-state index in [1.54, 1.807) is 29.2 Å². The summed E-state index contributed by atoms with van der Waals surface area (Å²) < 4.78 is 14.9. The molecule has 0 aliphatic carbocycles. The van der Waals surface area contributed by atoms with Crippen molar-refractivity contribution in [3.8, 4) is 6.07 Å². The van der Waals surface area contributed by atoms with E-state index in [1.165, 1.54) is 6.07 Å². The van der Waals surface area contributed by atoms with E-state index in [9.17, 15) is 4.39 Å². The van der Waals surface area contributed by atoms with Gasteiger partial charge in [0.15, 0.2) is 0 Å². The quantitative estimate of drug-likeness (QED) is 0.810. The normalized spacial score (nSPS) is 9.60. The van der Waals surface area contributed by atoms with E-state index < -0.39 is 5.82 Å². The van der Waals surface area contributed by atoms with Gasteiger partial charge in [-0.15, -0.1) is 0 Å². The molecule has 1 heterocycles. The summed E-state index contributed by atoms with van der Waals surface area (Å²) in [5, 5.41) is 8.79. The number of halogens is 1. The highest BCUT2D eigenvalue weighted by atomic mass is 19.1. The van der Waals surface area contributed by atoms with Gasteiger partial charge >= 0.3 is 0 Å². The van der Waals surface area contributed by atoms with E-state index in [0.717, 1.165) is 0 Å². The van der Waals surface area contributed by atoms with Gasteiger partial charge in [0, 0.05) is 12.4 Å². The molecule has 0 saturated heterocycles. The molecule has 0 aliphatic rings. The molecule has 3 nitrogen and oxygen atoms in total. The van der Waals surface area contributed by atoms with E-state index in [-0.39, 0.29) is 5.56 Å². The fourth-order valence-electron chi connectivity index (χ4n) is 1.28. The largest absolute Gasteiger partial charge is 0.293 e. The van der Waals surface area contributed by atoms with Crippen LogP contribution in [0.2, 0.25) is 0 Å². The van der Waals surface area contributed by atoms with Crippen LogP contribution in [-0.4, -0.2) is 4.68 Å². The lowest BCUT2D eigenvalue weighted by molar-refractivity contribution is 0.624. The Bertz CT molecular complexity index is 497. The van der Waals surface area contributed by atoms with Crippen LogP contribution in [0.1, 0.15) is 5.56 Å². The summed E-state index contributed by atoms with van der Waals surface area (Å²) in [7, 11) is 0. The second-order valence-corrected chi connectivity index (χ2v) is 2.98. The highest BCUT2D eigenvalue weighted by Gasteiger charge is 2.06. The number of nitrogens with zero attached hydrogens (tertiary/aromatic N) is 2. The molecule has 15 heavy (non-hydrogen) atoms. The molecule has 0 fully saturated rings. The van der Waals surface area contributed by atoms with Gasteiger partial charge < -0.3 is 0 Å². The summed E-state index contributed by atoms with van der Waals surface area (Å²) in [5.41, 5.74) is 3.37. The molecule has 1 N–H and O–H groups in total. The zero-order valence-electron chi connectivity index (χ0n) is 7.81. The fourth-order valence-corrected chi connectivity index (χ4v) is 1.28. The number of nitrogens with one attached hydrogen (secondary N) is 1. The minimum absolute atomic E-state index is 0.0196. The van der Waals surface area contributed by atoms with E-state index in [2.05, 4.69) is 5.43 Å². The second kappa shape index (κ2) is 3.84. The third kappa shape index (κ3) is 1.81. The summed E-state index contributed by atoms with van der Waals surface area (Å²) in [6.45, 7) is 0. The molecule has 4 heteroatoms. The summed E-state index contributed by atoms with van der Waals surface area (Å²) in [6.07, 6.45) is 3.54. The molecule has 0 atom stereocenters. The highest BCUT2D eigenvalue weighted by Crippen LogP contribution is 2.17. The first-order valence-corrected chi connectivity index (χ1v) is 4.40. The Morgan fingerprint density at radius 1 is 1.20 bits per heavy atom. The average molecular weight is 201 g/mol. The first-order chi connectivity index (χ1) is 7.31. The minimum Gasteiger partial charge on any atom is -0.293 e. The fraction of sp³-hybridized carbons (Fsp3) is 0. The second-order valence-electron chi connectivity index (χ2n) is 2.98. The molecule has 0 bridgehead atoms. The van der Waals surface area contributed by atoms with Crippen molar-refractivity contribution in [1.29, 1.82) is 5.26 Å². The predicted molar refractivity (Wildman–Crippen MR) is 54.6 cm³/mol. The third-order valence-corrected chi connectivity index (χ3v) is 1.98. The molecule has 0 saturated carbocycles. The Morgan fingerprint density at radius 3 is 2.60 bits per heavy atom. The van der Waals surface area contributed by atoms with Crippen LogP contribution in [0.4, 0.5) is 10.1 Å². The zero-order valence-corrected chi connectivity index (χ0v) is 7.81. The zero-order chi connectivity index (χ0) is 10.7. The Kier molecular flexibility index (Phi) is 2.38. The molecular formula is C11H8FN3. The smallest absolute Gasteiger partial charge is 0.143 e. The Balaban J connectivity index is 2.37. The van der Waals surface area contributed by atoms with Gasteiger partial charge in [-0.2, -0.15) is 5.26 Å². The standard InChI is InChI=1S/C11H8FN3/c12-10-4-3-5-11(9(10)8-13)14-15-6-1-2-7-15/h1-7,14H. The monoisotopic (exact) mass is 201 g/mol. The van der Waals surface area contributed by atoms with Crippen molar-refractivity contribution in [3.05, 3.63) is 54.1 Å². The number of benzene rings is 1. The summed E-state index contributed by atoms with van der Waals surface area (Å²) >= 11 is 0. The van der Waals surface area contributed by atoms with Crippen molar-refractivity contribution in [2.75, 3.05) is 5.43 Å². The Hall–Kier alpha value is -2.28. The maximum atomic E-state index is 13.2. The maximum Gasteiger partial charge on any atom is 0.143 e. The molecule has 1 aromatic heterocycles. The highest BCUT2D eigenvalue weighted by molar-refractivity contribution is 5.57. The minimum atomic E-state index is -0.519. The number of nitriles is 1. The number of aromatic nitrogens is 1. The van der Waals surface area contributed by atoms with Gasteiger partial charge in [0.2, 0.25) is 0 Å². The van der Waals surface area contributed by atoms with Crippen LogP contribution in [0.15, 0.2) is 42.7 Å². The van der Waals surface area contributed by atoms with Crippen LogP contribution in [-0.2, 0) is 0 Å². The van der Waals surface area contributed by atoms with Gasteiger partial charge in [0.05, 0.1) is 5.69 Å². The van der Waals surface area contributed by atoms with E-state index in [0.29, 0.717) is 5.69 Å². The van der Waals surface area contributed by atoms with Gasteiger partial charge in [-0.1, -0.05) is 6.07 Å². The average Bonchev–Trinajstić information content (AvgIpc) is 2.71. The number of rotatable bonds is 2. The Labute approximate surface area is 86.4 Å². The van der Waals surface area contributed by atoms with Crippen LogP contribution >= 0.6 is 0 Å². The molecule has 0 amide bonds. The molecular weight excluding hydrogens is 193 g/mol. The molecule has 0 aliphatic heterocycles. The van der Waals surface area contributed by atoms with Gasteiger partial charge in [-0.3, -0.25) is 10.1 Å². The first-order valence-electron chi connectivity index (χ1n) is 4.40. The maximum absolute atomic E-state index is 13.2. The van der Waals surface area contributed by atoms with Gasteiger partial charge in [-0.25, -0.2) is 4.39 Å². The SMILES string of the molecule is N#Cc1c(F)cccc1Nn1cccc1. The molecule has 0 spiro atoms. The molecule has 2 rings (SSSR count). The third-order valence-electron chi connectivity index (χ3n) is 1.98. The van der Waals surface area contributed by atoms with Crippen molar-refractivity contribution in [2.45, 2.75) is 0 Å². The van der Waals surface area contributed by atoms with Crippen molar-refractivity contribution in [2.24, 2.45) is 0 Å². The molecule has 0 unspecified atom stereocenters. The van der Waals surface area contributed by atoms with Crippen LogP contribution in [0.3, 0.4) is 0 Å². The van der Waals surface area contributed by atoms with Crippen LogP contribution in [0.25, 0.3) is 0 Å². The Morgan fingerprint density at radius 2 is 1.93 bits per heavy atom. The van der Waals surface area contributed by atoms with Gasteiger partial charge in [0.25, 0.3) is 0 Å².